The van der Waals surface area contributed by atoms with E-state index in [1.165, 1.54) is 12.1 Å². The quantitative estimate of drug-likeness (QED) is 0.529. The van der Waals surface area contributed by atoms with Gasteiger partial charge < -0.3 is 15.4 Å². The number of rotatable bonds is 8. The number of likely N-dealkylation sites (tertiary alicyclic amines) is 1. The standard InChI is InChI=1S/C25H34F3N5O3/c1-4-36-24(35)16-5-8-19(9-6-16)33-13-18(14-33)30-22(34)12-29-23-20-11-17(15(2)25(26,27)28)7-10-21(20)32(3)31-23/h7,10-11,15-16,18-19H,4-6,8-9,12-14H2,1-3H3,(H,29,31)(H,30,34)/t15?,16-,19+. The highest BCUT2D eigenvalue weighted by Crippen LogP contribution is 2.36. The van der Waals surface area contributed by atoms with Crippen LogP contribution in [0.1, 0.15) is 51.0 Å². The van der Waals surface area contributed by atoms with Crippen molar-refractivity contribution in [3.63, 3.8) is 0 Å². The second kappa shape index (κ2) is 10.7. The molecule has 11 heteroatoms. The maximum atomic E-state index is 13.2. The second-order valence-electron chi connectivity index (χ2n) is 9.84. The normalized spacial score (nSPS) is 22.2. The molecule has 8 nitrogen and oxygen atoms in total. The predicted octanol–water partition coefficient (Wildman–Crippen LogP) is 3.57. The number of fused-ring (bicyclic) bond motifs is 1. The summed E-state index contributed by atoms with van der Waals surface area (Å²) in [6.07, 6.45) is -0.758. The molecule has 36 heavy (non-hydrogen) atoms. The van der Waals surface area contributed by atoms with E-state index in [1.54, 1.807) is 17.8 Å². The topological polar surface area (TPSA) is 88.5 Å². The van der Waals surface area contributed by atoms with Crippen molar-refractivity contribution in [2.24, 2.45) is 13.0 Å². The third-order valence-corrected chi connectivity index (χ3v) is 7.39. The summed E-state index contributed by atoms with van der Waals surface area (Å²) in [5.74, 6) is -1.50. The zero-order chi connectivity index (χ0) is 26.0. The highest BCUT2D eigenvalue weighted by Gasteiger charge is 2.38. The SMILES string of the molecule is CCOC(=O)[C@H]1CC[C@@H](N2CC(NC(=O)CNc3nn(C)c4ccc(C(C)C(F)(F)F)cc34)C2)CC1. The number of anilines is 1. The minimum atomic E-state index is -4.33. The summed E-state index contributed by atoms with van der Waals surface area (Å²) in [7, 11) is 1.71. The number of aromatic nitrogens is 2. The predicted molar refractivity (Wildman–Crippen MR) is 130 cm³/mol. The number of nitrogens with one attached hydrogen (secondary N) is 2. The van der Waals surface area contributed by atoms with Crippen molar-refractivity contribution in [2.45, 2.75) is 63.7 Å². The molecule has 1 atom stereocenters. The summed E-state index contributed by atoms with van der Waals surface area (Å²) in [6.45, 7) is 4.88. The lowest BCUT2D eigenvalue weighted by molar-refractivity contribution is -0.150. The number of alkyl halides is 3. The van der Waals surface area contributed by atoms with E-state index in [4.69, 9.17) is 4.74 Å². The fourth-order valence-electron chi connectivity index (χ4n) is 5.15. The Bertz CT molecular complexity index is 1090. The molecule has 0 bridgehead atoms. The third-order valence-electron chi connectivity index (χ3n) is 7.39. The average Bonchev–Trinajstić information content (AvgIpc) is 3.13. The molecule has 198 valence electrons. The molecular weight excluding hydrogens is 475 g/mol. The Morgan fingerprint density at radius 3 is 2.53 bits per heavy atom. The lowest BCUT2D eigenvalue weighted by Crippen LogP contribution is -2.63. The highest BCUT2D eigenvalue weighted by molar-refractivity contribution is 5.92. The van der Waals surface area contributed by atoms with Gasteiger partial charge in [0.1, 0.15) is 0 Å². The van der Waals surface area contributed by atoms with Crippen molar-refractivity contribution >= 4 is 28.6 Å². The minimum Gasteiger partial charge on any atom is -0.466 e. The molecule has 2 aliphatic rings. The van der Waals surface area contributed by atoms with Gasteiger partial charge in [0.05, 0.1) is 36.5 Å². The van der Waals surface area contributed by atoms with Crippen molar-refractivity contribution in [2.75, 3.05) is 31.6 Å². The summed E-state index contributed by atoms with van der Waals surface area (Å²) in [5.41, 5.74) is 0.838. The van der Waals surface area contributed by atoms with Gasteiger partial charge in [0.2, 0.25) is 5.91 Å². The van der Waals surface area contributed by atoms with Crippen LogP contribution < -0.4 is 10.6 Å². The number of aryl methyl sites for hydroxylation is 1. The van der Waals surface area contributed by atoms with E-state index in [0.717, 1.165) is 45.7 Å². The molecule has 2 aromatic rings. The van der Waals surface area contributed by atoms with Crippen molar-refractivity contribution in [1.29, 1.82) is 0 Å². The van der Waals surface area contributed by atoms with Gasteiger partial charge in [-0.3, -0.25) is 19.2 Å². The van der Waals surface area contributed by atoms with Crippen LogP contribution in [0.3, 0.4) is 0 Å². The Kier molecular flexibility index (Phi) is 7.77. The van der Waals surface area contributed by atoms with Crippen molar-refractivity contribution < 1.29 is 27.5 Å². The second-order valence-corrected chi connectivity index (χ2v) is 9.84. The molecule has 2 N–H and O–H groups in total. The molecule has 1 aromatic carbocycles. The summed E-state index contributed by atoms with van der Waals surface area (Å²) < 4.78 is 46.2. The zero-order valence-electron chi connectivity index (χ0n) is 20.9. The Hall–Kier alpha value is -2.82. The molecule has 0 radical (unpaired) electrons. The Morgan fingerprint density at radius 2 is 1.89 bits per heavy atom. The third kappa shape index (κ3) is 5.77. The maximum absolute atomic E-state index is 13.2. The average molecular weight is 510 g/mol. The van der Waals surface area contributed by atoms with Crippen LogP contribution in [-0.2, 0) is 21.4 Å². The summed E-state index contributed by atoms with van der Waals surface area (Å²) >= 11 is 0. The Labute approximate surface area is 208 Å². The van der Waals surface area contributed by atoms with Gasteiger partial charge in [-0.05, 0) is 57.2 Å². The number of carbonyl (C=O) groups is 2. The first kappa shape index (κ1) is 26.2. The number of halogens is 3. The van der Waals surface area contributed by atoms with Gasteiger partial charge in [0.25, 0.3) is 0 Å². The highest BCUT2D eigenvalue weighted by atomic mass is 19.4. The molecule has 2 heterocycles. The van der Waals surface area contributed by atoms with Crippen LogP contribution in [0.25, 0.3) is 10.9 Å². The van der Waals surface area contributed by atoms with Crippen LogP contribution in [0.2, 0.25) is 0 Å². The van der Waals surface area contributed by atoms with Gasteiger partial charge in [0.15, 0.2) is 5.82 Å². The summed E-state index contributed by atoms with van der Waals surface area (Å²) in [4.78, 5) is 26.8. The molecule has 2 fully saturated rings. The Balaban J connectivity index is 1.25. The van der Waals surface area contributed by atoms with E-state index < -0.39 is 12.1 Å². The summed E-state index contributed by atoms with van der Waals surface area (Å²) in [6, 6.07) is 5.05. The first-order valence-corrected chi connectivity index (χ1v) is 12.5. The van der Waals surface area contributed by atoms with E-state index in [-0.39, 0.29) is 35.9 Å². The molecule has 1 amide bonds. The Morgan fingerprint density at radius 1 is 1.19 bits per heavy atom. The molecule has 0 spiro atoms. The molecule has 1 aromatic heterocycles. The van der Waals surface area contributed by atoms with E-state index in [2.05, 4.69) is 20.6 Å². The first-order chi connectivity index (χ1) is 17.1. The smallest absolute Gasteiger partial charge is 0.395 e. The van der Waals surface area contributed by atoms with Crippen molar-refractivity contribution in [3.8, 4) is 0 Å². The molecule has 4 rings (SSSR count). The van der Waals surface area contributed by atoms with Crippen molar-refractivity contribution in [1.82, 2.24) is 20.0 Å². The number of amides is 1. The lowest BCUT2D eigenvalue weighted by Gasteiger charge is -2.46. The van der Waals surface area contributed by atoms with E-state index in [1.807, 2.05) is 6.92 Å². The van der Waals surface area contributed by atoms with Crippen molar-refractivity contribution in [3.05, 3.63) is 23.8 Å². The molecule has 1 unspecified atom stereocenters. The number of hydrogen-bond acceptors (Lipinski definition) is 6. The van der Waals surface area contributed by atoms with E-state index >= 15 is 0 Å². The number of carbonyl (C=O) groups excluding carboxylic acids is 2. The van der Waals surface area contributed by atoms with Gasteiger partial charge in [0, 0.05) is 31.6 Å². The number of benzene rings is 1. The number of nitrogens with zero attached hydrogens (tertiary/aromatic N) is 3. The lowest BCUT2D eigenvalue weighted by atomic mass is 9.84. The largest absolute Gasteiger partial charge is 0.466 e. The van der Waals surface area contributed by atoms with Crippen LogP contribution >= 0.6 is 0 Å². The molecule has 1 aliphatic carbocycles. The molecule has 1 saturated carbocycles. The maximum Gasteiger partial charge on any atom is 0.395 e. The van der Waals surface area contributed by atoms with Gasteiger partial charge in [-0.1, -0.05) is 6.07 Å². The summed E-state index contributed by atoms with van der Waals surface area (Å²) in [5, 5.41) is 10.9. The fourth-order valence-corrected chi connectivity index (χ4v) is 5.15. The molecule has 1 saturated heterocycles. The van der Waals surface area contributed by atoms with Crippen LogP contribution in [-0.4, -0.2) is 71.1 Å². The van der Waals surface area contributed by atoms with E-state index in [9.17, 15) is 22.8 Å². The number of hydrogen-bond donors (Lipinski definition) is 2. The van der Waals surface area contributed by atoms with Gasteiger partial charge in [-0.25, -0.2) is 0 Å². The monoisotopic (exact) mass is 509 g/mol. The van der Waals surface area contributed by atoms with Crippen LogP contribution in [0.5, 0.6) is 0 Å². The van der Waals surface area contributed by atoms with Crippen LogP contribution in [0, 0.1) is 5.92 Å². The molecule has 1 aliphatic heterocycles. The van der Waals surface area contributed by atoms with Gasteiger partial charge >= 0.3 is 12.1 Å². The van der Waals surface area contributed by atoms with Gasteiger partial charge in [-0.15, -0.1) is 0 Å². The van der Waals surface area contributed by atoms with Crippen LogP contribution in [0.4, 0.5) is 19.0 Å². The first-order valence-electron chi connectivity index (χ1n) is 12.5. The number of ether oxygens (including phenoxy) is 1. The van der Waals surface area contributed by atoms with E-state index in [0.29, 0.717) is 29.4 Å². The zero-order valence-corrected chi connectivity index (χ0v) is 20.9. The number of esters is 1. The van der Waals surface area contributed by atoms with Gasteiger partial charge in [-0.2, -0.15) is 18.3 Å². The fraction of sp³-hybridized carbons (Fsp3) is 0.640. The minimum absolute atomic E-state index is 0.000481. The van der Waals surface area contributed by atoms with Crippen LogP contribution in [0.15, 0.2) is 18.2 Å². The molecular formula is C25H34F3N5O3.